The number of hydrogen-bond donors (Lipinski definition) is 1. The van der Waals surface area contributed by atoms with Gasteiger partial charge in [0.2, 0.25) is 0 Å². The molecule has 0 spiro atoms. The van der Waals surface area contributed by atoms with Gasteiger partial charge in [0.05, 0.1) is 17.9 Å². The number of aryl methyl sites for hydroxylation is 1. The van der Waals surface area contributed by atoms with Crippen LogP contribution in [0.2, 0.25) is 0 Å². The summed E-state index contributed by atoms with van der Waals surface area (Å²) in [7, 11) is 0. The molecule has 2 aromatic carbocycles. The van der Waals surface area contributed by atoms with Crippen LogP contribution in [0.5, 0.6) is 5.75 Å². The minimum Gasteiger partial charge on any atom is -0.465 e. The van der Waals surface area contributed by atoms with Gasteiger partial charge in [-0.2, -0.15) is 13.2 Å². The number of aliphatic hydroxyl groups is 1. The fraction of sp³-hybridized carbons (Fsp3) is 0.481. The molecule has 170 valence electrons. The van der Waals surface area contributed by atoms with Gasteiger partial charge in [0, 0.05) is 5.56 Å². The number of hydrogen-bond acceptors (Lipinski definition) is 2. The molecule has 0 radical (unpaired) electrons. The van der Waals surface area contributed by atoms with Crippen LogP contribution < -0.4 is 4.74 Å². The summed E-state index contributed by atoms with van der Waals surface area (Å²) in [6.07, 6.45) is 2.33. The Hall–Kier alpha value is -2.27. The van der Waals surface area contributed by atoms with Crippen molar-refractivity contribution in [3.63, 3.8) is 0 Å². The van der Waals surface area contributed by atoms with Gasteiger partial charge < -0.3 is 9.84 Å². The summed E-state index contributed by atoms with van der Waals surface area (Å²) in [4.78, 5) is 0. The van der Waals surface area contributed by atoms with Gasteiger partial charge in [0.1, 0.15) is 5.75 Å². The Balaban J connectivity index is 1.62. The normalized spacial score (nSPS) is 31.4. The molecule has 0 saturated heterocycles. The van der Waals surface area contributed by atoms with E-state index in [0.29, 0.717) is 29.1 Å². The van der Waals surface area contributed by atoms with E-state index in [1.54, 1.807) is 6.07 Å². The average Bonchev–Trinajstić information content (AvgIpc) is 3.07. The fourth-order valence-electron chi connectivity index (χ4n) is 6.93. The number of aliphatic hydroxyl groups excluding tert-OH is 1. The first kappa shape index (κ1) is 21.6. The Morgan fingerprint density at radius 3 is 2.62 bits per heavy atom. The monoisotopic (exact) mass is 442 g/mol. The van der Waals surface area contributed by atoms with Crippen molar-refractivity contribution < 1.29 is 23.0 Å². The first-order valence-electron chi connectivity index (χ1n) is 11.5. The Morgan fingerprint density at radius 2 is 1.88 bits per heavy atom. The Bertz CT molecular complexity index is 1040. The Kier molecular flexibility index (Phi) is 5.16. The van der Waals surface area contributed by atoms with Crippen LogP contribution in [-0.4, -0.2) is 11.2 Å². The highest BCUT2D eigenvalue weighted by Crippen LogP contribution is 2.61. The summed E-state index contributed by atoms with van der Waals surface area (Å²) < 4.78 is 47.0. The molecule has 0 bridgehead atoms. The van der Waals surface area contributed by atoms with Crippen molar-refractivity contribution >= 4 is 0 Å². The van der Waals surface area contributed by atoms with Crippen LogP contribution in [0.4, 0.5) is 13.2 Å². The van der Waals surface area contributed by atoms with Gasteiger partial charge in [-0.3, -0.25) is 0 Å². The van der Waals surface area contributed by atoms with Gasteiger partial charge >= 0.3 is 6.18 Å². The van der Waals surface area contributed by atoms with Crippen molar-refractivity contribution in [1.29, 1.82) is 0 Å². The van der Waals surface area contributed by atoms with Crippen molar-refractivity contribution in [2.75, 3.05) is 0 Å². The van der Waals surface area contributed by atoms with E-state index >= 15 is 0 Å². The zero-order chi connectivity index (χ0) is 22.7. The van der Waals surface area contributed by atoms with Crippen LogP contribution in [0.15, 0.2) is 49.2 Å². The molecule has 32 heavy (non-hydrogen) atoms. The van der Waals surface area contributed by atoms with Gasteiger partial charge in [-0.25, -0.2) is 0 Å². The van der Waals surface area contributed by atoms with E-state index in [2.05, 4.69) is 13.5 Å². The molecule has 2 saturated carbocycles. The van der Waals surface area contributed by atoms with Crippen LogP contribution in [0.25, 0.3) is 11.1 Å². The number of alkyl halides is 3. The zero-order valence-corrected chi connectivity index (χ0v) is 18.3. The van der Waals surface area contributed by atoms with Gasteiger partial charge in [-0.1, -0.05) is 31.7 Å². The first-order valence-corrected chi connectivity index (χ1v) is 11.5. The molecule has 3 aliphatic rings. The standard InChI is InChI=1S/C27H29F3O2/c1-3-32-24-14-16-8-9-19-17(12-13-26(2)22(19)10-11-25(26)31)20(16)15-21(24)18-6-4-5-7-23(18)27(28,29)30/h3-7,14-15,17,19,22,25,31H,1,8-13H2,2H3/t17-,19+,22-,25-,26-/m0/s1. The lowest BCUT2D eigenvalue weighted by Crippen LogP contribution is -2.43. The molecule has 0 amide bonds. The van der Waals surface area contributed by atoms with E-state index in [0.717, 1.165) is 50.2 Å². The third-order valence-electron chi connectivity index (χ3n) is 8.51. The molecule has 5 heteroatoms. The Labute approximate surface area is 187 Å². The van der Waals surface area contributed by atoms with Crippen LogP contribution in [0.1, 0.15) is 61.6 Å². The second-order valence-corrected chi connectivity index (χ2v) is 9.93. The third-order valence-corrected chi connectivity index (χ3v) is 8.51. The highest BCUT2D eigenvalue weighted by Gasteiger charge is 2.54. The van der Waals surface area contributed by atoms with E-state index in [1.807, 2.05) is 12.1 Å². The second kappa shape index (κ2) is 7.65. The summed E-state index contributed by atoms with van der Waals surface area (Å²) in [5, 5.41) is 10.6. The molecule has 5 atom stereocenters. The lowest BCUT2D eigenvalue weighted by atomic mass is 9.55. The van der Waals surface area contributed by atoms with Crippen LogP contribution >= 0.6 is 0 Å². The van der Waals surface area contributed by atoms with E-state index in [4.69, 9.17) is 4.74 Å². The summed E-state index contributed by atoms with van der Waals surface area (Å²) in [5.74, 6) is 1.68. The highest BCUT2D eigenvalue weighted by molar-refractivity contribution is 5.76. The largest absolute Gasteiger partial charge is 0.465 e. The summed E-state index contributed by atoms with van der Waals surface area (Å²) >= 11 is 0. The number of benzene rings is 2. The molecule has 0 heterocycles. The highest BCUT2D eigenvalue weighted by atomic mass is 19.4. The number of fused-ring (bicyclic) bond motifs is 5. The second-order valence-electron chi connectivity index (χ2n) is 9.93. The van der Waals surface area contributed by atoms with E-state index in [-0.39, 0.29) is 17.1 Å². The SMILES string of the molecule is C=COc1cc2c(cc1-c1ccccc1C(F)(F)F)[C@H]1CC[C@]3(C)[C@@H](O)CC[C@H]3[C@@H]1CC2. The lowest BCUT2D eigenvalue weighted by molar-refractivity contribution is -0.137. The topological polar surface area (TPSA) is 29.5 Å². The van der Waals surface area contributed by atoms with E-state index in [1.165, 1.54) is 24.0 Å². The van der Waals surface area contributed by atoms with Crippen LogP contribution in [0, 0.1) is 17.3 Å². The third kappa shape index (κ3) is 3.28. The molecule has 0 aromatic heterocycles. The number of ether oxygens (including phenoxy) is 1. The van der Waals surface area contributed by atoms with Gasteiger partial charge in [-0.05, 0) is 96.6 Å². The van der Waals surface area contributed by atoms with Crippen molar-refractivity contribution in [2.24, 2.45) is 17.3 Å². The molecule has 0 aliphatic heterocycles. The fourth-order valence-corrected chi connectivity index (χ4v) is 6.93. The van der Waals surface area contributed by atoms with Gasteiger partial charge in [-0.15, -0.1) is 0 Å². The molecular weight excluding hydrogens is 413 g/mol. The number of rotatable bonds is 3. The molecule has 0 unspecified atom stereocenters. The average molecular weight is 443 g/mol. The van der Waals surface area contributed by atoms with Gasteiger partial charge in [0.25, 0.3) is 0 Å². The van der Waals surface area contributed by atoms with Crippen molar-refractivity contribution in [2.45, 2.75) is 63.6 Å². The maximum atomic E-state index is 13.8. The lowest BCUT2D eigenvalue weighted by Gasteiger charge is -2.50. The molecule has 2 fully saturated rings. The number of halogens is 3. The van der Waals surface area contributed by atoms with E-state index < -0.39 is 11.7 Å². The van der Waals surface area contributed by atoms with Crippen molar-refractivity contribution in [1.82, 2.24) is 0 Å². The molecule has 1 N–H and O–H groups in total. The minimum absolute atomic E-state index is 0.0315. The first-order chi connectivity index (χ1) is 15.2. The molecule has 3 aliphatic carbocycles. The van der Waals surface area contributed by atoms with Crippen LogP contribution in [0.3, 0.4) is 0 Å². The zero-order valence-electron chi connectivity index (χ0n) is 18.3. The van der Waals surface area contributed by atoms with Gasteiger partial charge in [0.15, 0.2) is 0 Å². The Morgan fingerprint density at radius 1 is 1.09 bits per heavy atom. The summed E-state index contributed by atoms with van der Waals surface area (Å²) in [5.41, 5.74) is 2.25. The maximum absolute atomic E-state index is 13.8. The van der Waals surface area contributed by atoms with Crippen LogP contribution in [-0.2, 0) is 12.6 Å². The van der Waals surface area contributed by atoms with Crippen molar-refractivity contribution in [3.8, 4) is 16.9 Å². The quantitative estimate of drug-likeness (QED) is 0.513. The smallest absolute Gasteiger partial charge is 0.417 e. The predicted octanol–water partition coefficient (Wildman–Crippen LogP) is 7.11. The maximum Gasteiger partial charge on any atom is 0.417 e. The molecule has 2 nitrogen and oxygen atoms in total. The minimum atomic E-state index is -4.45. The molecule has 5 rings (SSSR count). The summed E-state index contributed by atoms with van der Waals surface area (Å²) in [6.45, 7) is 5.85. The molecule has 2 aromatic rings. The van der Waals surface area contributed by atoms with Crippen molar-refractivity contribution in [3.05, 3.63) is 65.9 Å². The predicted molar refractivity (Wildman–Crippen MR) is 118 cm³/mol. The summed E-state index contributed by atoms with van der Waals surface area (Å²) in [6, 6.07) is 9.57. The molecular formula is C27H29F3O2. The van der Waals surface area contributed by atoms with E-state index in [9.17, 15) is 18.3 Å².